The first-order valence-corrected chi connectivity index (χ1v) is 10.9. The molecule has 3 aromatic rings. The van der Waals surface area contributed by atoms with Crippen molar-refractivity contribution in [1.29, 1.82) is 0 Å². The van der Waals surface area contributed by atoms with E-state index in [1.807, 2.05) is 60.1 Å². The monoisotopic (exact) mass is 416 g/mol. The zero-order valence-corrected chi connectivity index (χ0v) is 17.8. The van der Waals surface area contributed by atoms with Crippen LogP contribution in [0, 0.1) is 6.92 Å². The molecule has 0 bridgehead atoms. The average Bonchev–Trinajstić information content (AvgIpc) is 3.44. The van der Waals surface area contributed by atoms with Crippen LogP contribution >= 0.6 is 0 Å². The highest BCUT2D eigenvalue weighted by atomic mass is 16.2. The van der Waals surface area contributed by atoms with E-state index in [1.165, 1.54) is 5.56 Å². The van der Waals surface area contributed by atoms with Crippen molar-refractivity contribution >= 4 is 11.8 Å². The van der Waals surface area contributed by atoms with Gasteiger partial charge in [-0.1, -0.05) is 36.4 Å². The molecule has 0 radical (unpaired) electrons. The van der Waals surface area contributed by atoms with E-state index in [0.717, 1.165) is 30.6 Å². The van der Waals surface area contributed by atoms with E-state index < -0.39 is 0 Å². The standard InChI is InChI=1S/C25H28N4O2/c1-19-21(18-29(27-19)22-13-6-3-7-14-22)12-8-16-26-24(30)23-15-9-17-28(23)25(31)20-10-4-2-5-11-20/h2-7,10-11,13-14,18,23H,8-9,12,15-17H2,1H3,(H,26,30). The number of hydrogen-bond acceptors (Lipinski definition) is 3. The third-order valence-corrected chi connectivity index (χ3v) is 5.78. The Morgan fingerprint density at radius 2 is 1.77 bits per heavy atom. The van der Waals surface area contributed by atoms with Crippen LogP contribution in [0.5, 0.6) is 0 Å². The van der Waals surface area contributed by atoms with Crippen LogP contribution in [0.4, 0.5) is 0 Å². The van der Waals surface area contributed by atoms with E-state index >= 15 is 0 Å². The van der Waals surface area contributed by atoms with Crippen molar-refractivity contribution in [2.24, 2.45) is 0 Å². The SMILES string of the molecule is Cc1nn(-c2ccccc2)cc1CCCNC(=O)C1CCCN1C(=O)c1ccccc1. The van der Waals surface area contributed by atoms with E-state index in [9.17, 15) is 9.59 Å². The number of carbonyl (C=O) groups is 2. The second-order valence-electron chi connectivity index (χ2n) is 7.94. The van der Waals surface area contributed by atoms with E-state index in [-0.39, 0.29) is 17.9 Å². The van der Waals surface area contributed by atoms with Gasteiger partial charge in [0.1, 0.15) is 6.04 Å². The van der Waals surface area contributed by atoms with Gasteiger partial charge in [0.25, 0.3) is 5.91 Å². The highest BCUT2D eigenvalue weighted by Crippen LogP contribution is 2.20. The van der Waals surface area contributed by atoms with E-state index in [4.69, 9.17) is 0 Å². The first-order valence-electron chi connectivity index (χ1n) is 10.9. The molecule has 1 aliphatic rings. The second kappa shape index (κ2) is 9.60. The summed E-state index contributed by atoms with van der Waals surface area (Å²) in [7, 11) is 0. The molecule has 1 atom stereocenters. The fourth-order valence-electron chi connectivity index (χ4n) is 4.09. The lowest BCUT2D eigenvalue weighted by Gasteiger charge is -2.24. The number of benzene rings is 2. The molecule has 0 spiro atoms. The number of nitrogens with zero attached hydrogens (tertiary/aromatic N) is 3. The average molecular weight is 417 g/mol. The van der Waals surface area contributed by atoms with Gasteiger partial charge in [-0.25, -0.2) is 4.68 Å². The summed E-state index contributed by atoms with van der Waals surface area (Å²) in [4.78, 5) is 27.2. The molecular weight excluding hydrogens is 388 g/mol. The maximum atomic E-state index is 12.8. The van der Waals surface area contributed by atoms with Crippen LogP contribution in [0.25, 0.3) is 5.69 Å². The van der Waals surface area contributed by atoms with Gasteiger partial charge in [0.2, 0.25) is 5.91 Å². The Morgan fingerprint density at radius 3 is 2.52 bits per heavy atom. The fourth-order valence-corrected chi connectivity index (χ4v) is 4.09. The second-order valence-corrected chi connectivity index (χ2v) is 7.94. The molecule has 2 aromatic carbocycles. The molecule has 160 valence electrons. The van der Waals surface area contributed by atoms with E-state index in [0.29, 0.717) is 25.1 Å². The van der Waals surface area contributed by atoms with Crippen LogP contribution in [0.15, 0.2) is 66.9 Å². The zero-order chi connectivity index (χ0) is 21.6. The summed E-state index contributed by atoms with van der Waals surface area (Å²) in [6.07, 6.45) is 5.30. The topological polar surface area (TPSA) is 67.2 Å². The van der Waals surface area contributed by atoms with E-state index in [2.05, 4.69) is 16.6 Å². The zero-order valence-electron chi connectivity index (χ0n) is 17.8. The summed E-state index contributed by atoms with van der Waals surface area (Å²) in [6.45, 7) is 3.22. The lowest BCUT2D eigenvalue weighted by molar-refractivity contribution is -0.124. The Hall–Kier alpha value is -3.41. The number of para-hydroxylation sites is 1. The van der Waals surface area contributed by atoms with Crippen LogP contribution in [0.1, 0.15) is 40.9 Å². The number of hydrogen-bond donors (Lipinski definition) is 1. The molecule has 1 saturated heterocycles. The summed E-state index contributed by atoms with van der Waals surface area (Å²) < 4.78 is 1.90. The molecule has 0 saturated carbocycles. The summed E-state index contributed by atoms with van der Waals surface area (Å²) in [5, 5.41) is 7.63. The van der Waals surface area contributed by atoms with Crippen LogP contribution in [-0.4, -0.2) is 45.6 Å². The number of carbonyl (C=O) groups excluding carboxylic acids is 2. The summed E-state index contributed by atoms with van der Waals surface area (Å²) >= 11 is 0. The van der Waals surface area contributed by atoms with E-state index in [1.54, 1.807) is 17.0 Å². The molecule has 1 N–H and O–H groups in total. The molecule has 4 rings (SSSR count). The van der Waals surface area contributed by atoms with Gasteiger partial charge in [0.05, 0.1) is 11.4 Å². The van der Waals surface area contributed by atoms with Crippen molar-refractivity contribution in [3.05, 3.63) is 83.7 Å². The minimum atomic E-state index is -0.379. The Morgan fingerprint density at radius 1 is 1.06 bits per heavy atom. The number of likely N-dealkylation sites (tertiary alicyclic amines) is 1. The molecule has 0 aliphatic carbocycles. The molecule has 1 aromatic heterocycles. The van der Waals surface area contributed by atoms with Crippen LogP contribution in [0.3, 0.4) is 0 Å². The smallest absolute Gasteiger partial charge is 0.254 e. The summed E-state index contributed by atoms with van der Waals surface area (Å²) in [5.74, 6) is -0.124. The Labute approximate surface area is 182 Å². The third-order valence-electron chi connectivity index (χ3n) is 5.78. The maximum Gasteiger partial charge on any atom is 0.254 e. The number of amides is 2. The third kappa shape index (κ3) is 4.85. The van der Waals surface area contributed by atoms with Gasteiger partial charge in [0, 0.05) is 24.8 Å². The predicted octanol–water partition coefficient (Wildman–Crippen LogP) is 3.53. The maximum absolute atomic E-state index is 12.8. The first-order chi connectivity index (χ1) is 15.1. The molecule has 2 amide bonds. The molecule has 2 heterocycles. The van der Waals surface area contributed by atoms with Gasteiger partial charge in [-0.3, -0.25) is 9.59 Å². The van der Waals surface area contributed by atoms with Crippen molar-refractivity contribution in [1.82, 2.24) is 20.0 Å². The summed E-state index contributed by atoms with van der Waals surface area (Å²) in [6, 6.07) is 18.8. The van der Waals surface area contributed by atoms with Crippen molar-refractivity contribution in [2.45, 2.75) is 38.6 Å². The van der Waals surface area contributed by atoms with Crippen LogP contribution in [0.2, 0.25) is 0 Å². The number of rotatable bonds is 7. The molecule has 6 nitrogen and oxygen atoms in total. The van der Waals surface area contributed by atoms with Gasteiger partial charge in [-0.2, -0.15) is 5.10 Å². The summed E-state index contributed by atoms with van der Waals surface area (Å²) in [5.41, 5.74) is 3.85. The van der Waals surface area contributed by atoms with Crippen LogP contribution in [-0.2, 0) is 11.2 Å². The predicted molar refractivity (Wildman–Crippen MR) is 120 cm³/mol. The van der Waals surface area contributed by atoms with Gasteiger partial charge < -0.3 is 10.2 Å². The van der Waals surface area contributed by atoms with Gasteiger partial charge in [-0.05, 0) is 62.4 Å². The fraction of sp³-hybridized carbons (Fsp3) is 0.320. The van der Waals surface area contributed by atoms with Crippen LogP contribution < -0.4 is 5.32 Å². The molecule has 1 fully saturated rings. The normalized spacial score (nSPS) is 15.8. The molecule has 6 heteroatoms. The largest absolute Gasteiger partial charge is 0.354 e. The van der Waals surface area contributed by atoms with Gasteiger partial charge in [-0.15, -0.1) is 0 Å². The number of aryl methyl sites for hydroxylation is 2. The van der Waals surface area contributed by atoms with Gasteiger partial charge >= 0.3 is 0 Å². The molecule has 31 heavy (non-hydrogen) atoms. The molecule has 1 aliphatic heterocycles. The Kier molecular flexibility index (Phi) is 6.46. The van der Waals surface area contributed by atoms with Gasteiger partial charge in [0.15, 0.2) is 0 Å². The Balaban J connectivity index is 1.28. The van der Waals surface area contributed by atoms with Crippen molar-refractivity contribution in [3.8, 4) is 5.69 Å². The first kappa shape index (κ1) is 20.8. The number of nitrogens with one attached hydrogen (secondary N) is 1. The lowest BCUT2D eigenvalue weighted by Crippen LogP contribution is -2.46. The number of aromatic nitrogens is 2. The van der Waals surface area contributed by atoms with Crippen molar-refractivity contribution in [2.75, 3.05) is 13.1 Å². The van der Waals surface area contributed by atoms with Crippen molar-refractivity contribution < 1.29 is 9.59 Å². The van der Waals surface area contributed by atoms with Crippen molar-refractivity contribution in [3.63, 3.8) is 0 Å². The Bertz CT molecular complexity index is 1030. The highest BCUT2D eigenvalue weighted by Gasteiger charge is 2.34. The minimum absolute atomic E-state index is 0.0570. The quantitative estimate of drug-likeness (QED) is 0.599. The minimum Gasteiger partial charge on any atom is -0.354 e. The lowest BCUT2D eigenvalue weighted by atomic mass is 10.1. The highest BCUT2D eigenvalue weighted by molar-refractivity contribution is 5.97. The molecular formula is C25H28N4O2. The molecule has 1 unspecified atom stereocenters.